The monoisotopic (exact) mass is 403 g/mol. The Labute approximate surface area is 170 Å². The molecule has 2 aliphatic rings. The Kier molecular flexibility index (Phi) is 6.47. The Morgan fingerprint density at radius 1 is 1.39 bits per heavy atom. The number of hydrogen-bond acceptors (Lipinski definition) is 6. The lowest BCUT2D eigenvalue weighted by atomic mass is 9.80. The summed E-state index contributed by atoms with van der Waals surface area (Å²) in [7, 11) is 1.73. The number of carbonyl (C=O) groups excluding carboxylic acids is 1. The lowest BCUT2D eigenvalue weighted by Crippen LogP contribution is -2.54. The predicted octanol–water partition coefficient (Wildman–Crippen LogP) is 2.45. The standard InChI is InChI=1S/C21H29N3O3S/c1-5-10-24(4)20(27)15-11-16(25)18(26)17-19(15)28-21(23-17)22-14-8-6-13(7-9-14)12(2)3/h5-9,12,15-19,25-26H,1,10-11H2,2-4H3,(H,22,23)/t15-,16+,17+,18-,19+/m0/s1. The molecule has 0 unspecified atom stereocenters. The number of nitrogens with zero attached hydrogens (tertiary/aromatic N) is 2. The molecule has 1 heterocycles. The van der Waals surface area contributed by atoms with Crippen molar-refractivity contribution in [3.05, 3.63) is 42.5 Å². The number of aliphatic hydroxyl groups excluding tert-OH is 2. The van der Waals surface area contributed by atoms with Gasteiger partial charge in [-0.25, -0.2) is 0 Å². The van der Waals surface area contributed by atoms with Gasteiger partial charge in [0.25, 0.3) is 0 Å². The molecular formula is C21H29N3O3S. The predicted molar refractivity (Wildman–Crippen MR) is 115 cm³/mol. The lowest BCUT2D eigenvalue weighted by molar-refractivity contribution is -0.138. The summed E-state index contributed by atoms with van der Waals surface area (Å²) >= 11 is 1.47. The number of hydrogen-bond donors (Lipinski definition) is 3. The minimum absolute atomic E-state index is 0.0499. The number of nitrogens with one attached hydrogen (secondary N) is 1. The number of carbonyl (C=O) groups is 1. The fourth-order valence-electron chi connectivity index (χ4n) is 3.73. The Morgan fingerprint density at radius 3 is 2.68 bits per heavy atom. The fourth-order valence-corrected chi connectivity index (χ4v) is 5.10. The molecule has 6 nitrogen and oxygen atoms in total. The van der Waals surface area contributed by atoms with Crippen LogP contribution in [-0.2, 0) is 4.79 Å². The minimum atomic E-state index is -0.964. The van der Waals surface area contributed by atoms with Crippen molar-refractivity contribution in [3.8, 4) is 0 Å². The van der Waals surface area contributed by atoms with Crippen LogP contribution >= 0.6 is 11.8 Å². The number of aliphatic hydroxyl groups is 2. The number of fused-ring (bicyclic) bond motifs is 1. The van der Waals surface area contributed by atoms with E-state index in [0.29, 0.717) is 17.6 Å². The zero-order chi connectivity index (χ0) is 20.4. The Morgan fingerprint density at radius 2 is 2.07 bits per heavy atom. The Balaban J connectivity index is 1.75. The molecule has 28 heavy (non-hydrogen) atoms. The molecule has 0 saturated heterocycles. The van der Waals surface area contributed by atoms with Gasteiger partial charge in [-0.2, -0.15) is 0 Å². The van der Waals surface area contributed by atoms with Gasteiger partial charge in [0.15, 0.2) is 5.17 Å². The van der Waals surface area contributed by atoms with Gasteiger partial charge in [0, 0.05) is 24.5 Å². The quantitative estimate of drug-likeness (QED) is 0.658. The van der Waals surface area contributed by atoms with Gasteiger partial charge < -0.3 is 20.4 Å². The van der Waals surface area contributed by atoms with E-state index in [-0.39, 0.29) is 17.6 Å². The molecule has 1 fully saturated rings. The van der Waals surface area contributed by atoms with Crippen LogP contribution in [0.15, 0.2) is 41.9 Å². The molecule has 3 N–H and O–H groups in total. The van der Waals surface area contributed by atoms with Crippen molar-refractivity contribution < 1.29 is 15.0 Å². The number of likely N-dealkylation sites (N-methyl/N-ethyl adjacent to an activating group) is 1. The van der Waals surface area contributed by atoms with Crippen LogP contribution in [0.5, 0.6) is 0 Å². The summed E-state index contributed by atoms with van der Waals surface area (Å²) in [6.45, 7) is 8.43. The van der Waals surface area contributed by atoms with E-state index in [1.807, 2.05) is 12.1 Å². The first-order chi connectivity index (χ1) is 13.3. The molecule has 1 amide bonds. The van der Waals surface area contributed by atoms with E-state index in [1.165, 1.54) is 17.3 Å². The van der Waals surface area contributed by atoms with Gasteiger partial charge >= 0.3 is 0 Å². The van der Waals surface area contributed by atoms with Crippen molar-refractivity contribution in [3.63, 3.8) is 0 Å². The van der Waals surface area contributed by atoms with E-state index >= 15 is 0 Å². The highest BCUT2D eigenvalue weighted by molar-refractivity contribution is 8.15. The molecule has 0 spiro atoms. The summed E-state index contributed by atoms with van der Waals surface area (Å²) in [5.41, 5.74) is 2.17. The summed E-state index contributed by atoms with van der Waals surface area (Å²) in [6.07, 6.45) is -0.00727. The summed E-state index contributed by atoms with van der Waals surface area (Å²) in [4.78, 5) is 19.1. The van der Waals surface area contributed by atoms with Crippen LogP contribution in [0.3, 0.4) is 0 Å². The van der Waals surface area contributed by atoms with Gasteiger partial charge in [0.05, 0.1) is 18.1 Å². The van der Waals surface area contributed by atoms with Crippen molar-refractivity contribution in [2.75, 3.05) is 18.9 Å². The van der Waals surface area contributed by atoms with Crippen LogP contribution in [0.4, 0.5) is 5.69 Å². The average molecular weight is 404 g/mol. The van der Waals surface area contributed by atoms with E-state index in [2.05, 4.69) is 42.9 Å². The lowest BCUT2D eigenvalue weighted by Gasteiger charge is -2.38. The van der Waals surface area contributed by atoms with Gasteiger partial charge in [-0.15, -0.1) is 6.58 Å². The van der Waals surface area contributed by atoms with Crippen LogP contribution in [0, 0.1) is 5.92 Å². The number of amidine groups is 1. The molecule has 7 heteroatoms. The average Bonchev–Trinajstić information content (AvgIpc) is 3.08. The zero-order valence-corrected chi connectivity index (χ0v) is 17.4. The highest BCUT2D eigenvalue weighted by Gasteiger charge is 2.50. The first-order valence-electron chi connectivity index (χ1n) is 9.65. The van der Waals surface area contributed by atoms with Crippen molar-refractivity contribution in [1.82, 2.24) is 4.90 Å². The zero-order valence-electron chi connectivity index (χ0n) is 16.6. The Bertz CT molecular complexity index is 750. The second kappa shape index (κ2) is 8.68. The molecule has 1 saturated carbocycles. The number of amides is 1. The number of rotatable bonds is 5. The summed E-state index contributed by atoms with van der Waals surface area (Å²) in [5, 5.41) is 24.5. The second-order valence-electron chi connectivity index (χ2n) is 7.82. The van der Waals surface area contributed by atoms with Crippen molar-refractivity contribution in [2.24, 2.45) is 10.9 Å². The molecule has 1 aromatic rings. The molecule has 0 aromatic heterocycles. The van der Waals surface area contributed by atoms with E-state index in [0.717, 1.165) is 5.69 Å². The summed E-state index contributed by atoms with van der Waals surface area (Å²) in [5.74, 6) is 0.0156. The Hall–Kier alpha value is -1.83. The smallest absolute Gasteiger partial charge is 0.227 e. The van der Waals surface area contributed by atoms with Gasteiger partial charge in [-0.1, -0.05) is 43.8 Å². The normalized spacial score (nSPS) is 29.2. The number of aliphatic imine (C=N–C) groups is 1. The minimum Gasteiger partial charge on any atom is -0.390 e. The number of benzene rings is 1. The molecule has 1 aliphatic heterocycles. The summed E-state index contributed by atoms with van der Waals surface area (Å²) in [6, 6.07) is 7.67. The first kappa shape index (κ1) is 20.9. The van der Waals surface area contributed by atoms with Crippen molar-refractivity contribution in [1.29, 1.82) is 0 Å². The maximum Gasteiger partial charge on any atom is 0.227 e. The van der Waals surface area contributed by atoms with E-state index in [9.17, 15) is 15.0 Å². The third-order valence-electron chi connectivity index (χ3n) is 5.41. The molecule has 1 aliphatic carbocycles. The first-order valence-corrected chi connectivity index (χ1v) is 10.5. The molecule has 152 valence electrons. The fraction of sp³-hybridized carbons (Fsp3) is 0.524. The van der Waals surface area contributed by atoms with Gasteiger partial charge in [0.1, 0.15) is 6.10 Å². The van der Waals surface area contributed by atoms with Gasteiger partial charge in [-0.3, -0.25) is 9.79 Å². The maximum absolute atomic E-state index is 12.8. The van der Waals surface area contributed by atoms with Crippen LogP contribution in [-0.4, -0.2) is 63.3 Å². The third kappa shape index (κ3) is 4.26. The number of thioether (sulfide) groups is 1. The molecule has 0 bridgehead atoms. The van der Waals surface area contributed by atoms with Gasteiger partial charge in [0.2, 0.25) is 5.91 Å². The third-order valence-corrected chi connectivity index (χ3v) is 6.72. The maximum atomic E-state index is 12.8. The summed E-state index contributed by atoms with van der Waals surface area (Å²) < 4.78 is 0. The highest BCUT2D eigenvalue weighted by atomic mass is 32.2. The number of anilines is 1. The van der Waals surface area contributed by atoms with Crippen LogP contribution in [0.25, 0.3) is 0 Å². The molecule has 3 rings (SSSR count). The van der Waals surface area contributed by atoms with E-state index in [4.69, 9.17) is 0 Å². The van der Waals surface area contributed by atoms with Crippen LogP contribution in [0.1, 0.15) is 31.7 Å². The second-order valence-corrected chi connectivity index (χ2v) is 8.98. The molecule has 1 aromatic carbocycles. The van der Waals surface area contributed by atoms with Crippen LogP contribution < -0.4 is 5.32 Å². The topological polar surface area (TPSA) is 85.2 Å². The largest absolute Gasteiger partial charge is 0.390 e. The van der Waals surface area contributed by atoms with Crippen LogP contribution in [0.2, 0.25) is 0 Å². The van der Waals surface area contributed by atoms with E-state index < -0.39 is 24.2 Å². The highest BCUT2D eigenvalue weighted by Crippen LogP contribution is 2.42. The van der Waals surface area contributed by atoms with E-state index in [1.54, 1.807) is 18.0 Å². The molecular weight excluding hydrogens is 374 g/mol. The SMILES string of the molecule is C=CCN(C)C(=O)[C@H]1C[C@@H](O)[C@H](O)[C@H]2N=C(Nc3ccc(C(C)C)cc3)S[C@@H]21. The van der Waals surface area contributed by atoms with Crippen molar-refractivity contribution in [2.45, 2.75) is 49.7 Å². The van der Waals surface area contributed by atoms with Gasteiger partial charge in [-0.05, 0) is 30.0 Å². The molecule has 5 atom stereocenters. The van der Waals surface area contributed by atoms with Crippen molar-refractivity contribution >= 4 is 28.5 Å². The molecule has 0 radical (unpaired) electrons.